The highest BCUT2D eigenvalue weighted by atomic mass is 15.0. The van der Waals surface area contributed by atoms with E-state index < -0.39 is 0 Å². The summed E-state index contributed by atoms with van der Waals surface area (Å²) in [4.78, 5) is 0. The van der Waals surface area contributed by atoms with Crippen LogP contribution in [0, 0.1) is 0 Å². The molecule has 3 rings (SSSR count). The number of hydrogen-bond donors (Lipinski definition) is 0. The third-order valence-electron chi connectivity index (χ3n) is 3.43. The number of allylic oxidation sites excluding steroid dienone is 1. The topological polar surface area (TPSA) is 4.93 Å². The van der Waals surface area contributed by atoms with E-state index in [-0.39, 0.29) is 0 Å². The van der Waals surface area contributed by atoms with Gasteiger partial charge in [0, 0.05) is 23.6 Å². The van der Waals surface area contributed by atoms with Crippen LogP contribution in [0.25, 0.3) is 10.9 Å². The third-order valence-corrected chi connectivity index (χ3v) is 3.43. The molecule has 0 N–H and O–H groups in total. The molecule has 0 spiro atoms. The Hall–Kier alpha value is -2.28. The molecule has 0 amide bonds. The van der Waals surface area contributed by atoms with Gasteiger partial charge in [0.1, 0.15) is 0 Å². The van der Waals surface area contributed by atoms with Crippen LogP contribution in [0.2, 0.25) is 0 Å². The molecule has 0 unspecified atom stereocenters. The Morgan fingerprint density at radius 3 is 2.47 bits per heavy atom. The molecule has 0 saturated carbocycles. The monoisotopic (exact) mass is 247 g/mol. The molecule has 1 nitrogen and oxygen atoms in total. The predicted molar refractivity (Wildman–Crippen MR) is 81.4 cm³/mol. The summed E-state index contributed by atoms with van der Waals surface area (Å²) in [5.74, 6) is 0. The van der Waals surface area contributed by atoms with Crippen molar-refractivity contribution < 1.29 is 0 Å². The van der Waals surface area contributed by atoms with E-state index >= 15 is 0 Å². The summed E-state index contributed by atoms with van der Waals surface area (Å²) in [6, 6.07) is 19.1. The van der Waals surface area contributed by atoms with Gasteiger partial charge in [-0.2, -0.15) is 0 Å². The van der Waals surface area contributed by atoms with Crippen LogP contribution in [0.1, 0.15) is 11.1 Å². The van der Waals surface area contributed by atoms with Crippen LogP contribution in [0.4, 0.5) is 0 Å². The molecule has 3 aromatic rings. The van der Waals surface area contributed by atoms with Crippen LogP contribution in [0.3, 0.4) is 0 Å². The van der Waals surface area contributed by atoms with Gasteiger partial charge in [0.2, 0.25) is 0 Å². The predicted octanol–water partition coefficient (Wildman–Crippen LogP) is 4.42. The zero-order chi connectivity index (χ0) is 13.1. The van der Waals surface area contributed by atoms with E-state index in [0.29, 0.717) is 0 Å². The first kappa shape index (κ1) is 11.8. The van der Waals surface area contributed by atoms with Crippen molar-refractivity contribution in [2.24, 2.45) is 0 Å². The molecule has 0 aliphatic rings. The average Bonchev–Trinajstić information content (AvgIpc) is 2.79. The van der Waals surface area contributed by atoms with Gasteiger partial charge < -0.3 is 4.57 Å². The fourth-order valence-electron chi connectivity index (χ4n) is 2.55. The van der Waals surface area contributed by atoms with Gasteiger partial charge in [-0.1, -0.05) is 54.6 Å². The summed E-state index contributed by atoms with van der Waals surface area (Å²) >= 11 is 0. The molecule has 19 heavy (non-hydrogen) atoms. The minimum absolute atomic E-state index is 0.915. The minimum atomic E-state index is 0.915. The second-order valence-electron chi connectivity index (χ2n) is 4.78. The SMILES string of the molecule is C=CCc1cn(Cc2ccccc2)c2ccccc12. The van der Waals surface area contributed by atoms with E-state index in [0.717, 1.165) is 13.0 Å². The van der Waals surface area contributed by atoms with Crippen LogP contribution in [0.15, 0.2) is 73.4 Å². The molecule has 0 radical (unpaired) electrons. The van der Waals surface area contributed by atoms with Gasteiger partial charge in [0.05, 0.1) is 0 Å². The minimum Gasteiger partial charge on any atom is -0.343 e. The molecule has 94 valence electrons. The van der Waals surface area contributed by atoms with Gasteiger partial charge in [-0.25, -0.2) is 0 Å². The molecular weight excluding hydrogens is 230 g/mol. The Kier molecular flexibility index (Phi) is 3.20. The maximum atomic E-state index is 3.85. The molecule has 0 bridgehead atoms. The standard InChI is InChI=1S/C18H17N/c1-2-8-16-14-19(13-15-9-4-3-5-10-15)18-12-7-6-11-17(16)18/h2-7,9-12,14H,1,8,13H2. The lowest BCUT2D eigenvalue weighted by molar-refractivity contribution is 0.832. The van der Waals surface area contributed by atoms with Crippen molar-refractivity contribution in [3.05, 3.63) is 84.6 Å². The van der Waals surface area contributed by atoms with Crippen molar-refractivity contribution in [3.8, 4) is 0 Å². The van der Waals surface area contributed by atoms with Gasteiger partial charge in [0.25, 0.3) is 0 Å². The van der Waals surface area contributed by atoms with Gasteiger partial charge >= 0.3 is 0 Å². The highest BCUT2D eigenvalue weighted by Crippen LogP contribution is 2.23. The van der Waals surface area contributed by atoms with Crippen molar-refractivity contribution in [2.75, 3.05) is 0 Å². The van der Waals surface area contributed by atoms with Crippen molar-refractivity contribution in [2.45, 2.75) is 13.0 Å². The quantitative estimate of drug-likeness (QED) is 0.601. The Morgan fingerprint density at radius 2 is 1.68 bits per heavy atom. The molecular formula is C18H17N. The zero-order valence-electron chi connectivity index (χ0n) is 10.9. The number of hydrogen-bond acceptors (Lipinski definition) is 0. The lowest BCUT2D eigenvalue weighted by Crippen LogP contribution is -1.97. The summed E-state index contributed by atoms with van der Waals surface area (Å²) < 4.78 is 2.32. The van der Waals surface area contributed by atoms with E-state index in [4.69, 9.17) is 0 Å². The smallest absolute Gasteiger partial charge is 0.0486 e. The van der Waals surface area contributed by atoms with E-state index in [1.807, 2.05) is 6.08 Å². The Balaban J connectivity index is 2.06. The maximum absolute atomic E-state index is 3.85. The summed E-state index contributed by atoms with van der Waals surface area (Å²) in [7, 11) is 0. The largest absolute Gasteiger partial charge is 0.343 e. The summed E-state index contributed by atoms with van der Waals surface area (Å²) in [5, 5.41) is 1.33. The molecule has 1 heterocycles. The zero-order valence-corrected chi connectivity index (χ0v) is 10.9. The molecule has 2 aromatic carbocycles. The molecule has 0 saturated heterocycles. The first-order valence-corrected chi connectivity index (χ1v) is 6.60. The van der Waals surface area contributed by atoms with Crippen molar-refractivity contribution in [3.63, 3.8) is 0 Å². The Labute approximate surface area is 113 Å². The summed E-state index contributed by atoms with van der Waals surface area (Å²) in [6.07, 6.45) is 5.14. The number of fused-ring (bicyclic) bond motifs is 1. The highest BCUT2D eigenvalue weighted by molar-refractivity contribution is 5.84. The fourth-order valence-corrected chi connectivity index (χ4v) is 2.55. The fraction of sp³-hybridized carbons (Fsp3) is 0.111. The van der Waals surface area contributed by atoms with Crippen LogP contribution in [-0.2, 0) is 13.0 Å². The molecule has 0 aliphatic heterocycles. The Morgan fingerprint density at radius 1 is 0.947 bits per heavy atom. The highest BCUT2D eigenvalue weighted by Gasteiger charge is 2.06. The second-order valence-corrected chi connectivity index (χ2v) is 4.78. The molecule has 1 aromatic heterocycles. The molecule has 0 atom stereocenters. The molecule has 0 aliphatic carbocycles. The number of para-hydroxylation sites is 1. The molecule has 1 heteroatoms. The van der Waals surface area contributed by atoms with Gasteiger partial charge in [-0.05, 0) is 23.6 Å². The average molecular weight is 247 g/mol. The molecule has 0 fully saturated rings. The van der Waals surface area contributed by atoms with Gasteiger partial charge in [0.15, 0.2) is 0 Å². The normalized spacial score (nSPS) is 10.7. The third kappa shape index (κ3) is 2.32. The van der Waals surface area contributed by atoms with Crippen molar-refractivity contribution in [1.82, 2.24) is 4.57 Å². The first-order valence-electron chi connectivity index (χ1n) is 6.60. The van der Waals surface area contributed by atoms with Crippen LogP contribution in [-0.4, -0.2) is 4.57 Å². The summed E-state index contributed by atoms with van der Waals surface area (Å²) in [6.45, 7) is 4.76. The maximum Gasteiger partial charge on any atom is 0.0486 e. The van der Waals surface area contributed by atoms with Crippen molar-refractivity contribution in [1.29, 1.82) is 0 Å². The van der Waals surface area contributed by atoms with Crippen molar-refractivity contribution >= 4 is 10.9 Å². The number of benzene rings is 2. The second kappa shape index (κ2) is 5.15. The van der Waals surface area contributed by atoms with E-state index in [1.54, 1.807) is 0 Å². The number of nitrogens with zero attached hydrogens (tertiary/aromatic N) is 1. The van der Waals surface area contributed by atoms with E-state index in [9.17, 15) is 0 Å². The Bertz CT molecular complexity index is 692. The van der Waals surface area contributed by atoms with Gasteiger partial charge in [-0.3, -0.25) is 0 Å². The van der Waals surface area contributed by atoms with E-state index in [2.05, 4.69) is 71.9 Å². The number of rotatable bonds is 4. The first-order chi connectivity index (χ1) is 9.38. The number of aromatic nitrogens is 1. The lowest BCUT2D eigenvalue weighted by atomic mass is 10.1. The van der Waals surface area contributed by atoms with Crippen LogP contribution < -0.4 is 0 Å². The lowest BCUT2D eigenvalue weighted by Gasteiger charge is -2.05. The summed E-state index contributed by atoms with van der Waals surface area (Å²) in [5.41, 5.74) is 3.97. The van der Waals surface area contributed by atoms with Crippen LogP contribution in [0.5, 0.6) is 0 Å². The van der Waals surface area contributed by atoms with E-state index in [1.165, 1.54) is 22.0 Å². The van der Waals surface area contributed by atoms with Crippen LogP contribution >= 0.6 is 0 Å². The van der Waals surface area contributed by atoms with Gasteiger partial charge in [-0.15, -0.1) is 6.58 Å².